The molecule has 456 valence electrons. The molecule has 0 saturated heterocycles. The van der Waals surface area contributed by atoms with Crippen LogP contribution in [-0.4, -0.2) is 0 Å². The van der Waals surface area contributed by atoms with Gasteiger partial charge in [0, 0.05) is 21.2 Å². The number of hydrogen-bond donors (Lipinski definition) is 0. The highest BCUT2D eigenvalue weighted by Gasteiger charge is 2.07. The number of aryl methyl sites for hydroxylation is 16. The summed E-state index contributed by atoms with van der Waals surface area (Å²) in [4.78, 5) is 0. The molecule has 0 nitrogen and oxygen atoms in total. The minimum absolute atomic E-state index is 0.0885. The molecule has 0 aliphatic rings. The van der Waals surface area contributed by atoms with Crippen LogP contribution in [0.2, 0.25) is 10.0 Å². The molecule has 10 aromatic carbocycles. The van der Waals surface area contributed by atoms with Crippen LogP contribution in [0.1, 0.15) is 100 Å². The van der Waals surface area contributed by atoms with E-state index in [9.17, 15) is 35.1 Å². The minimum Gasteiger partial charge on any atom is -0.207 e. The lowest BCUT2D eigenvalue weighted by Gasteiger charge is -2.03. The van der Waals surface area contributed by atoms with E-state index in [-0.39, 0.29) is 22.8 Å². The van der Waals surface area contributed by atoms with Crippen molar-refractivity contribution in [2.75, 3.05) is 0 Å². The van der Waals surface area contributed by atoms with Crippen LogP contribution >= 0.6 is 23.2 Å². The second kappa shape index (κ2) is 37.1. The van der Waals surface area contributed by atoms with Crippen molar-refractivity contribution in [1.29, 1.82) is 0 Å². The molecule has 0 atom stereocenters. The molecule has 0 bridgehead atoms. The number of rotatable bonds is 0. The van der Waals surface area contributed by atoms with Crippen molar-refractivity contribution in [3.63, 3.8) is 0 Å². The Hall–Kier alpha value is -7.52. The zero-order valence-corrected chi connectivity index (χ0v) is 54.5. The Labute approximate surface area is 517 Å². The molecule has 0 fully saturated rings. The van der Waals surface area contributed by atoms with Gasteiger partial charge in [0.25, 0.3) is 0 Å². The smallest absolute Gasteiger partial charge is 0.161 e. The summed E-state index contributed by atoms with van der Waals surface area (Å²) in [7, 11) is 0. The molecule has 86 heavy (non-hydrogen) atoms. The maximum Gasteiger partial charge on any atom is 0.161 e. The van der Waals surface area contributed by atoms with Crippen molar-refractivity contribution in [3.05, 3.63) is 327 Å². The highest BCUT2D eigenvalue weighted by molar-refractivity contribution is 6.31. The van der Waals surface area contributed by atoms with Crippen LogP contribution in [0.15, 0.2) is 170 Å². The van der Waals surface area contributed by atoms with Gasteiger partial charge in [-0.3, -0.25) is 0 Å². The molecule has 10 aromatic rings. The fourth-order valence-corrected chi connectivity index (χ4v) is 7.79. The summed E-state index contributed by atoms with van der Waals surface area (Å²) >= 11 is 11.6. The summed E-state index contributed by atoms with van der Waals surface area (Å²) in [5.74, 6) is -3.60. The van der Waals surface area contributed by atoms with Gasteiger partial charge in [-0.1, -0.05) is 156 Å². The number of benzene rings is 10. The number of fused-ring (bicyclic) bond motifs is 1. The third kappa shape index (κ3) is 26.8. The lowest BCUT2D eigenvalue weighted by atomic mass is 10.0. The Balaban J connectivity index is 0.000000331. The van der Waals surface area contributed by atoms with E-state index in [1.54, 1.807) is 52.0 Å². The molecule has 0 radical (unpaired) electrons. The van der Waals surface area contributed by atoms with Crippen LogP contribution in [0.4, 0.5) is 35.1 Å². The number of hydrogen-bond acceptors (Lipinski definition) is 0. The predicted octanol–water partition coefficient (Wildman–Crippen LogP) is 24.3. The molecule has 0 aliphatic carbocycles. The maximum atomic E-state index is 12.6. The Morgan fingerprint density at radius 2 is 0.430 bits per heavy atom. The first-order valence-electron chi connectivity index (χ1n) is 27.9. The quantitative estimate of drug-likeness (QED) is 0.133. The Morgan fingerprint density at radius 1 is 0.209 bits per heavy atom. The number of halogens is 10. The lowest BCUT2D eigenvalue weighted by Crippen LogP contribution is -1.91. The summed E-state index contributed by atoms with van der Waals surface area (Å²) < 4.78 is 101. The van der Waals surface area contributed by atoms with Gasteiger partial charge in [-0.05, 0) is 262 Å². The molecular weight excluding hydrogens is 1140 g/mol. The van der Waals surface area contributed by atoms with Crippen LogP contribution in [-0.2, 0) is 0 Å². The van der Waals surface area contributed by atoms with Crippen molar-refractivity contribution >= 4 is 34.0 Å². The van der Waals surface area contributed by atoms with Gasteiger partial charge >= 0.3 is 0 Å². The van der Waals surface area contributed by atoms with Crippen LogP contribution in [0.25, 0.3) is 10.8 Å². The molecule has 0 N–H and O–H groups in total. The average Bonchev–Trinajstić information content (AvgIpc) is 3.63. The average molecular weight is 1220 g/mol. The molecule has 0 heterocycles. The van der Waals surface area contributed by atoms with E-state index >= 15 is 0 Å². The van der Waals surface area contributed by atoms with E-state index in [1.165, 1.54) is 108 Å². The summed E-state index contributed by atoms with van der Waals surface area (Å²) in [6, 6.07) is 52.3. The van der Waals surface area contributed by atoms with Gasteiger partial charge in [0.05, 0.1) is 0 Å². The summed E-state index contributed by atoms with van der Waals surface area (Å²) in [6.07, 6.45) is 0. The predicted molar refractivity (Wildman–Crippen MR) is 350 cm³/mol. The first-order valence-corrected chi connectivity index (χ1v) is 28.6. The topological polar surface area (TPSA) is 0 Å². The molecule has 0 aromatic heterocycles. The third-order valence-corrected chi connectivity index (χ3v) is 14.0. The van der Waals surface area contributed by atoms with Crippen molar-refractivity contribution in [1.82, 2.24) is 0 Å². The summed E-state index contributed by atoms with van der Waals surface area (Å²) in [5.41, 5.74) is 15.5. The van der Waals surface area contributed by atoms with Crippen LogP contribution in [0.3, 0.4) is 0 Å². The normalized spacial score (nSPS) is 9.86. The Kier molecular flexibility index (Phi) is 32.2. The van der Waals surface area contributed by atoms with Gasteiger partial charge in [0.1, 0.15) is 34.9 Å². The third-order valence-electron chi connectivity index (χ3n) is 13.2. The second-order valence-corrected chi connectivity index (χ2v) is 22.3. The summed E-state index contributed by atoms with van der Waals surface area (Å²) in [6.45, 7) is 33.1. The van der Waals surface area contributed by atoms with Crippen LogP contribution < -0.4 is 0 Å². The molecule has 10 rings (SSSR count). The van der Waals surface area contributed by atoms with Crippen LogP contribution in [0, 0.1) is 171 Å². The first-order chi connectivity index (χ1) is 40.2. The summed E-state index contributed by atoms with van der Waals surface area (Å²) in [5, 5.41) is 4.46. The van der Waals surface area contributed by atoms with Crippen molar-refractivity contribution < 1.29 is 35.1 Å². The minimum atomic E-state index is -0.736. The molecule has 0 aliphatic heterocycles. The van der Waals surface area contributed by atoms with Gasteiger partial charge in [0.15, 0.2) is 11.6 Å². The highest BCUT2D eigenvalue weighted by Crippen LogP contribution is 2.22. The maximum absolute atomic E-state index is 12.6. The highest BCUT2D eigenvalue weighted by atomic mass is 35.5. The van der Waals surface area contributed by atoms with E-state index in [0.29, 0.717) is 33.4 Å². The second-order valence-electron chi connectivity index (χ2n) is 21.4. The van der Waals surface area contributed by atoms with E-state index < -0.39 is 34.9 Å². The van der Waals surface area contributed by atoms with Crippen molar-refractivity contribution in [2.45, 2.75) is 125 Å². The molecule has 0 amide bonds. The van der Waals surface area contributed by atoms with E-state index in [2.05, 4.69) is 100 Å². The standard InChI is InChI=1S/C12H12.2C8H9Cl.3C8H8F2.2C8H9F.C8H10/c1-9-7-8-10(2)12-6-4-3-5-11(9)12;2*1-6-3-4-7(2)8(9)5-6;2*1-5-3-7(9)6(2)8(10)4-5;1-5-3-4-6(2)8(10)7(5)9;2*1-6-3-4-7(2)8(9)5-6;1-7-3-5-8(2)6-4-7/h3-8H,1-2H3;2*3-5H,1-2H3;3*3-4H,1-2H3;2*3-5H,1-2H3;3-6H,1-2H3. The fraction of sp³-hybridized carbons (Fsp3) is 0.237. The van der Waals surface area contributed by atoms with E-state index in [1.807, 2.05) is 77.9 Å². The Morgan fingerprint density at radius 3 is 0.674 bits per heavy atom. The molecule has 0 spiro atoms. The van der Waals surface area contributed by atoms with Gasteiger partial charge in [0.2, 0.25) is 0 Å². The molecule has 0 saturated carbocycles. The van der Waals surface area contributed by atoms with Gasteiger partial charge in [-0.15, -0.1) is 0 Å². The zero-order valence-electron chi connectivity index (χ0n) is 52.9. The monoisotopic (exact) mass is 1220 g/mol. The van der Waals surface area contributed by atoms with E-state index in [4.69, 9.17) is 23.2 Å². The zero-order chi connectivity index (χ0) is 65.1. The SMILES string of the molecule is Cc1cc(F)c(C)c(F)c1.Cc1cc(F)c(C)c(F)c1.Cc1ccc(C)c(Cl)c1.Cc1ccc(C)c(Cl)c1.Cc1ccc(C)c(F)c1.Cc1ccc(C)c(F)c1.Cc1ccc(C)c(F)c1F.Cc1ccc(C)c2ccccc12.Cc1ccc(C)cc1. The van der Waals surface area contributed by atoms with E-state index in [0.717, 1.165) is 32.3 Å². The fourth-order valence-electron chi connectivity index (χ4n) is 7.32. The molecule has 10 heteroatoms. The molecule has 0 unspecified atom stereocenters. The van der Waals surface area contributed by atoms with Crippen LogP contribution in [0.5, 0.6) is 0 Å². The van der Waals surface area contributed by atoms with Gasteiger partial charge in [-0.2, -0.15) is 0 Å². The van der Waals surface area contributed by atoms with Gasteiger partial charge in [-0.25, -0.2) is 35.1 Å². The lowest BCUT2D eigenvalue weighted by molar-refractivity contribution is 0.497. The van der Waals surface area contributed by atoms with Crippen molar-refractivity contribution in [2.24, 2.45) is 0 Å². The van der Waals surface area contributed by atoms with Crippen molar-refractivity contribution in [3.8, 4) is 0 Å². The largest absolute Gasteiger partial charge is 0.207 e. The molecular formula is C76H82Cl2F8. The van der Waals surface area contributed by atoms with Gasteiger partial charge < -0.3 is 0 Å². The first kappa shape index (κ1) is 74.6. The Bertz CT molecular complexity index is 3370.